The Balaban J connectivity index is 1.37. The van der Waals surface area contributed by atoms with Crippen LogP contribution in [-0.2, 0) is 19.1 Å². The van der Waals surface area contributed by atoms with Gasteiger partial charge in [-0.05, 0) is 44.5 Å². The largest absolute Gasteiger partial charge is 0.457 e. The zero-order valence-corrected chi connectivity index (χ0v) is 21.3. The van der Waals surface area contributed by atoms with Crippen LogP contribution in [0.4, 0.5) is 5.69 Å². The van der Waals surface area contributed by atoms with Gasteiger partial charge in [-0.25, -0.2) is 4.79 Å². The van der Waals surface area contributed by atoms with Crippen LogP contribution in [0.5, 0.6) is 0 Å². The third kappa shape index (κ3) is 8.51. The number of amides is 1. The molecule has 1 amide bonds. The lowest BCUT2D eigenvalue weighted by Gasteiger charge is -2.12. The standard InChI is InChI=1S/C30H29NO7/c1-20-11-13-22(14-12-20)26(32)19-37-28(34)10-6-9-27(33)31-25-17-15-24(16-18-25)30(36)38-21(2)29(35)23-7-4-3-5-8-23/h3-5,7-8,11-18,21H,6,9-10,19H2,1-2H3,(H,31,33)/t21-/m1/s1. The molecular weight excluding hydrogens is 486 g/mol. The fraction of sp³-hybridized carbons (Fsp3) is 0.233. The van der Waals surface area contributed by atoms with Crippen LogP contribution in [0.2, 0.25) is 0 Å². The van der Waals surface area contributed by atoms with E-state index in [4.69, 9.17) is 9.47 Å². The second-order valence-corrected chi connectivity index (χ2v) is 8.71. The van der Waals surface area contributed by atoms with Crippen molar-refractivity contribution < 1.29 is 33.4 Å². The Morgan fingerprint density at radius 1 is 0.763 bits per heavy atom. The van der Waals surface area contributed by atoms with E-state index in [1.54, 1.807) is 54.6 Å². The van der Waals surface area contributed by atoms with Crippen molar-refractivity contribution in [2.24, 2.45) is 0 Å². The normalized spacial score (nSPS) is 11.2. The van der Waals surface area contributed by atoms with E-state index >= 15 is 0 Å². The van der Waals surface area contributed by atoms with Gasteiger partial charge in [-0.2, -0.15) is 0 Å². The third-order valence-electron chi connectivity index (χ3n) is 5.64. The summed E-state index contributed by atoms with van der Waals surface area (Å²) < 4.78 is 10.3. The Kier molecular flexibility index (Phi) is 10.0. The summed E-state index contributed by atoms with van der Waals surface area (Å²) in [5.41, 5.74) is 2.65. The van der Waals surface area contributed by atoms with Gasteiger partial charge in [-0.3, -0.25) is 19.2 Å². The molecule has 8 heteroatoms. The molecule has 8 nitrogen and oxygen atoms in total. The molecule has 3 aromatic rings. The highest BCUT2D eigenvalue weighted by molar-refractivity contribution is 6.01. The minimum atomic E-state index is -0.948. The SMILES string of the molecule is Cc1ccc(C(=O)COC(=O)CCCC(=O)Nc2ccc(C(=O)O[C@H](C)C(=O)c3ccccc3)cc2)cc1. The number of esters is 2. The molecule has 0 fully saturated rings. The van der Waals surface area contributed by atoms with E-state index in [0.29, 0.717) is 16.8 Å². The minimum Gasteiger partial charge on any atom is -0.457 e. The van der Waals surface area contributed by atoms with Crippen LogP contribution >= 0.6 is 0 Å². The van der Waals surface area contributed by atoms with Crippen LogP contribution in [0, 0.1) is 6.92 Å². The molecule has 0 saturated carbocycles. The Hall–Kier alpha value is -4.59. The predicted octanol–water partition coefficient (Wildman–Crippen LogP) is 4.96. The molecule has 0 unspecified atom stereocenters. The van der Waals surface area contributed by atoms with Crippen LogP contribution < -0.4 is 5.32 Å². The number of ether oxygens (including phenoxy) is 2. The average molecular weight is 516 g/mol. The van der Waals surface area contributed by atoms with E-state index in [9.17, 15) is 24.0 Å². The van der Waals surface area contributed by atoms with Crippen LogP contribution in [-0.4, -0.2) is 42.1 Å². The molecule has 0 radical (unpaired) electrons. The summed E-state index contributed by atoms with van der Waals surface area (Å²) in [5.74, 6) is -2.11. The maximum atomic E-state index is 12.4. The highest BCUT2D eigenvalue weighted by Crippen LogP contribution is 2.14. The maximum Gasteiger partial charge on any atom is 0.338 e. The van der Waals surface area contributed by atoms with E-state index in [1.807, 2.05) is 19.1 Å². The number of rotatable bonds is 12. The average Bonchev–Trinajstić information content (AvgIpc) is 2.92. The molecule has 38 heavy (non-hydrogen) atoms. The van der Waals surface area contributed by atoms with Crippen LogP contribution in [0.25, 0.3) is 0 Å². The molecule has 3 rings (SSSR count). The number of Topliss-reactive ketones (excluding diaryl/α,β-unsaturated/α-hetero) is 2. The number of nitrogens with one attached hydrogen (secondary N) is 1. The molecule has 0 heterocycles. The second-order valence-electron chi connectivity index (χ2n) is 8.71. The number of benzene rings is 3. The summed E-state index contributed by atoms with van der Waals surface area (Å²) in [6.45, 7) is 3.08. The zero-order valence-electron chi connectivity index (χ0n) is 21.3. The maximum absolute atomic E-state index is 12.4. The van der Waals surface area contributed by atoms with Crippen molar-refractivity contribution in [2.75, 3.05) is 11.9 Å². The van der Waals surface area contributed by atoms with Gasteiger partial charge < -0.3 is 14.8 Å². The Morgan fingerprint density at radius 2 is 1.39 bits per heavy atom. The molecule has 196 valence electrons. The molecule has 0 saturated heterocycles. The van der Waals surface area contributed by atoms with Gasteiger partial charge in [-0.1, -0.05) is 60.2 Å². The summed E-state index contributed by atoms with van der Waals surface area (Å²) in [6, 6.07) is 21.6. The monoisotopic (exact) mass is 515 g/mol. The Labute approximate surface area is 221 Å². The molecule has 0 spiro atoms. The van der Waals surface area contributed by atoms with E-state index in [0.717, 1.165) is 5.56 Å². The molecule has 0 bridgehead atoms. The lowest BCUT2D eigenvalue weighted by Crippen LogP contribution is -2.24. The first-order valence-electron chi connectivity index (χ1n) is 12.2. The van der Waals surface area contributed by atoms with E-state index < -0.39 is 18.0 Å². The number of aryl methyl sites for hydroxylation is 1. The third-order valence-corrected chi connectivity index (χ3v) is 5.64. The molecule has 0 aliphatic heterocycles. The predicted molar refractivity (Wildman–Crippen MR) is 141 cm³/mol. The van der Waals surface area contributed by atoms with Crippen molar-refractivity contribution >= 4 is 35.1 Å². The fourth-order valence-corrected chi connectivity index (χ4v) is 3.47. The number of carbonyl (C=O) groups is 5. The number of hydrogen-bond donors (Lipinski definition) is 1. The first-order valence-corrected chi connectivity index (χ1v) is 12.2. The Bertz CT molecular complexity index is 1280. The van der Waals surface area contributed by atoms with Gasteiger partial charge in [0.05, 0.1) is 5.56 Å². The quantitative estimate of drug-likeness (QED) is 0.268. The summed E-state index contributed by atoms with van der Waals surface area (Å²) >= 11 is 0. The Morgan fingerprint density at radius 3 is 2.05 bits per heavy atom. The topological polar surface area (TPSA) is 116 Å². The number of ketones is 2. The number of anilines is 1. The van der Waals surface area contributed by atoms with Gasteiger partial charge in [0, 0.05) is 29.7 Å². The van der Waals surface area contributed by atoms with Gasteiger partial charge in [0.15, 0.2) is 18.5 Å². The molecule has 0 aliphatic carbocycles. The number of hydrogen-bond acceptors (Lipinski definition) is 7. The van der Waals surface area contributed by atoms with E-state index in [-0.39, 0.29) is 48.9 Å². The molecule has 0 aromatic heterocycles. The summed E-state index contributed by atoms with van der Waals surface area (Å²) in [4.78, 5) is 60.9. The molecule has 1 atom stereocenters. The summed E-state index contributed by atoms with van der Waals surface area (Å²) in [6.07, 6.45) is -0.624. The fourth-order valence-electron chi connectivity index (χ4n) is 3.47. The van der Waals surface area contributed by atoms with Crippen molar-refractivity contribution in [1.29, 1.82) is 0 Å². The lowest BCUT2D eigenvalue weighted by molar-refractivity contribution is -0.142. The van der Waals surface area contributed by atoms with Gasteiger partial charge in [0.2, 0.25) is 11.7 Å². The van der Waals surface area contributed by atoms with E-state index in [2.05, 4.69) is 5.32 Å². The number of carbonyl (C=O) groups excluding carboxylic acids is 5. The zero-order chi connectivity index (χ0) is 27.5. The van der Waals surface area contributed by atoms with Crippen molar-refractivity contribution in [3.63, 3.8) is 0 Å². The summed E-state index contributed by atoms with van der Waals surface area (Å²) in [5, 5.41) is 2.69. The highest BCUT2D eigenvalue weighted by atomic mass is 16.5. The molecule has 0 aliphatic rings. The van der Waals surface area contributed by atoms with Gasteiger partial charge >= 0.3 is 11.9 Å². The first kappa shape index (κ1) is 28.0. The molecule has 3 aromatic carbocycles. The van der Waals surface area contributed by atoms with Crippen LogP contribution in [0.1, 0.15) is 62.8 Å². The van der Waals surface area contributed by atoms with Gasteiger partial charge in [-0.15, -0.1) is 0 Å². The second kappa shape index (κ2) is 13.6. The van der Waals surface area contributed by atoms with Crippen molar-refractivity contribution in [1.82, 2.24) is 0 Å². The van der Waals surface area contributed by atoms with Crippen molar-refractivity contribution in [3.05, 3.63) is 101 Å². The lowest BCUT2D eigenvalue weighted by atomic mass is 10.1. The highest BCUT2D eigenvalue weighted by Gasteiger charge is 2.20. The van der Waals surface area contributed by atoms with Gasteiger partial charge in [0.25, 0.3) is 0 Å². The van der Waals surface area contributed by atoms with Crippen molar-refractivity contribution in [2.45, 2.75) is 39.2 Å². The smallest absolute Gasteiger partial charge is 0.338 e. The minimum absolute atomic E-state index is 0.000732. The van der Waals surface area contributed by atoms with Gasteiger partial charge in [0.1, 0.15) is 0 Å². The van der Waals surface area contributed by atoms with Crippen LogP contribution in [0.15, 0.2) is 78.9 Å². The van der Waals surface area contributed by atoms with Crippen molar-refractivity contribution in [3.8, 4) is 0 Å². The molecular formula is C30H29NO7. The first-order chi connectivity index (χ1) is 18.2. The summed E-state index contributed by atoms with van der Waals surface area (Å²) in [7, 11) is 0. The van der Waals surface area contributed by atoms with Crippen LogP contribution in [0.3, 0.4) is 0 Å². The van der Waals surface area contributed by atoms with E-state index in [1.165, 1.54) is 19.1 Å². The molecule has 1 N–H and O–H groups in total.